The normalized spacial score (nSPS) is 28.5. The Kier molecular flexibility index (Phi) is 5.51. The summed E-state index contributed by atoms with van der Waals surface area (Å²) < 4.78 is 10.8. The average molecular weight is 231 g/mol. The highest BCUT2D eigenvalue weighted by Crippen LogP contribution is 2.26. The fourth-order valence-corrected chi connectivity index (χ4v) is 1.92. The molecule has 16 heavy (non-hydrogen) atoms. The smallest absolute Gasteiger partial charge is 0.312 e. The number of hydrogen-bond donors (Lipinski definition) is 3. The molecule has 94 valence electrons. The fourth-order valence-electron chi connectivity index (χ4n) is 1.92. The summed E-state index contributed by atoms with van der Waals surface area (Å²) in [6, 6.07) is -0.192. The molecule has 3 atom stereocenters. The lowest BCUT2D eigenvalue weighted by Gasteiger charge is -2.43. The van der Waals surface area contributed by atoms with Crippen LogP contribution >= 0.6 is 0 Å². The van der Waals surface area contributed by atoms with Crippen molar-refractivity contribution in [1.29, 1.82) is 0 Å². The van der Waals surface area contributed by atoms with Crippen molar-refractivity contribution in [1.82, 2.24) is 10.6 Å². The van der Waals surface area contributed by atoms with Gasteiger partial charge in [0.05, 0.1) is 12.2 Å². The molecule has 0 aliphatic heterocycles. The highest BCUT2D eigenvalue weighted by molar-refractivity contribution is 5.71. The standard InChI is InChI=1S/C10H21N3O3/c1-3-16-8-6-7(9(8)15-2)12-4-5-13-10(11)14/h7-9,12H,3-6H2,1-2H3,(H3,11,13,14). The Morgan fingerprint density at radius 3 is 2.81 bits per heavy atom. The number of methoxy groups -OCH3 is 1. The first-order chi connectivity index (χ1) is 7.69. The highest BCUT2D eigenvalue weighted by Gasteiger charge is 2.41. The van der Waals surface area contributed by atoms with E-state index in [0.29, 0.717) is 25.7 Å². The fraction of sp³-hybridized carbons (Fsp3) is 0.900. The quantitative estimate of drug-likeness (QED) is 0.513. The Hall–Kier alpha value is -0.850. The second-order valence-corrected chi connectivity index (χ2v) is 3.78. The molecule has 1 rings (SSSR count). The number of nitrogens with one attached hydrogen (secondary N) is 2. The molecule has 0 saturated heterocycles. The molecule has 6 heteroatoms. The van der Waals surface area contributed by atoms with Crippen LogP contribution in [0.4, 0.5) is 4.79 Å². The van der Waals surface area contributed by atoms with E-state index in [4.69, 9.17) is 15.2 Å². The largest absolute Gasteiger partial charge is 0.377 e. The van der Waals surface area contributed by atoms with Crippen LogP contribution in [0.5, 0.6) is 0 Å². The number of urea groups is 1. The lowest BCUT2D eigenvalue weighted by atomic mass is 9.85. The van der Waals surface area contributed by atoms with Crippen LogP contribution < -0.4 is 16.4 Å². The Bertz CT molecular complexity index is 225. The summed E-state index contributed by atoms with van der Waals surface area (Å²) in [6.07, 6.45) is 1.24. The van der Waals surface area contributed by atoms with E-state index < -0.39 is 6.03 Å². The molecule has 1 fully saturated rings. The summed E-state index contributed by atoms with van der Waals surface area (Å²) in [5, 5.41) is 5.81. The molecule has 0 aromatic heterocycles. The predicted molar refractivity (Wildman–Crippen MR) is 60.2 cm³/mol. The van der Waals surface area contributed by atoms with E-state index in [1.165, 1.54) is 0 Å². The number of amides is 2. The number of carbonyl (C=O) groups is 1. The molecule has 1 saturated carbocycles. The maximum atomic E-state index is 10.4. The molecule has 0 radical (unpaired) electrons. The Morgan fingerprint density at radius 1 is 1.50 bits per heavy atom. The third-order valence-electron chi connectivity index (χ3n) is 2.73. The number of primary amides is 1. The maximum absolute atomic E-state index is 10.4. The summed E-state index contributed by atoms with van der Waals surface area (Å²) in [5.41, 5.74) is 4.95. The van der Waals surface area contributed by atoms with Gasteiger partial charge < -0.3 is 25.8 Å². The Labute approximate surface area is 95.8 Å². The summed E-state index contributed by atoms with van der Waals surface area (Å²) >= 11 is 0. The van der Waals surface area contributed by atoms with E-state index >= 15 is 0 Å². The summed E-state index contributed by atoms with van der Waals surface area (Å²) in [5.74, 6) is 0. The number of nitrogens with two attached hydrogens (primary N) is 1. The van der Waals surface area contributed by atoms with E-state index in [2.05, 4.69) is 10.6 Å². The molecule has 2 amide bonds. The molecule has 0 aromatic carbocycles. The van der Waals surface area contributed by atoms with Crippen molar-refractivity contribution in [3.05, 3.63) is 0 Å². The minimum Gasteiger partial charge on any atom is -0.377 e. The average Bonchev–Trinajstić information content (AvgIpc) is 2.21. The van der Waals surface area contributed by atoms with Gasteiger partial charge in [0.15, 0.2) is 0 Å². The molecular formula is C10H21N3O3. The molecule has 0 aromatic rings. The minimum absolute atomic E-state index is 0.105. The van der Waals surface area contributed by atoms with Crippen molar-refractivity contribution >= 4 is 6.03 Å². The lowest BCUT2D eigenvalue weighted by molar-refractivity contribution is -0.130. The number of ether oxygens (including phenoxy) is 2. The molecule has 4 N–H and O–H groups in total. The molecule has 1 aliphatic rings. The third-order valence-corrected chi connectivity index (χ3v) is 2.73. The van der Waals surface area contributed by atoms with Crippen LogP contribution in [0.1, 0.15) is 13.3 Å². The van der Waals surface area contributed by atoms with Crippen molar-refractivity contribution in [2.75, 3.05) is 26.8 Å². The van der Waals surface area contributed by atoms with Gasteiger partial charge in [-0.3, -0.25) is 0 Å². The van der Waals surface area contributed by atoms with Crippen molar-refractivity contribution < 1.29 is 14.3 Å². The second kappa shape index (κ2) is 6.67. The Morgan fingerprint density at radius 2 is 2.25 bits per heavy atom. The zero-order valence-electron chi connectivity index (χ0n) is 9.86. The molecule has 6 nitrogen and oxygen atoms in total. The zero-order valence-corrected chi connectivity index (χ0v) is 9.86. The van der Waals surface area contributed by atoms with E-state index in [-0.39, 0.29) is 12.2 Å². The van der Waals surface area contributed by atoms with Gasteiger partial charge in [0.25, 0.3) is 0 Å². The zero-order chi connectivity index (χ0) is 12.0. The monoisotopic (exact) mass is 231 g/mol. The first-order valence-electron chi connectivity index (χ1n) is 5.60. The predicted octanol–water partition coefficient (Wildman–Crippen LogP) is -0.563. The van der Waals surface area contributed by atoms with E-state index in [9.17, 15) is 4.79 Å². The van der Waals surface area contributed by atoms with Gasteiger partial charge in [-0.15, -0.1) is 0 Å². The van der Waals surface area contributed by atoms with Crippen molar-refractivity contribution in [3.63, 3.8) is 0 Å². The van der Waals surface area contributed by atoms with Gasteiger partial charge in [0.2, 0.25) is 0 Å². The number of carbonyl (C=O) groups excluding carboxylic acids is 1. The van der Waals surface area contributed by atoms with Crippen LogP contribution in [-0.4, -0.2) is 51.1 Å². The molecular weight excluding hydrogens is 210 g/mol. The Balaban J connectivity index is 2.12. The molecule has 1 aliphatic carbocycles. The topological polar surface area (TPSA) is 85.6 Å². The summed E-state index contributed by atoms with van der Waals surface area (Å²) in [4.78, 5) is 10.4. The van der Waals surface area contributed by atoms with E-state index in [1.807, 2.05) is 6.92 Å². The van der Waals surface area contributed by atoms with Crippen LogP contribution in [0.15, 0.2) is 0 Å². The van der Waals surface area contributed by atoms with E-state index in [1.54, 1.807) is 7.11 Å². The van der Waals surface area contributed by atoms with Gasteiger partial charge >= 0.3 is 6.03 Å². The van der Waals surface area contributed by atoms with Gasteiger partial charge in [-0.05, 0) is 13.3 Å². The second-order valence-electron chi connectivity index (χ2n) is 3.78. The van der Waals surface area contributed by atoms with E-state index in [0.717, 1.165) is 6.42 Å². The lowest BCUT2D eigenvalue weighted by Crippen LogP contribution is -2.60. The van der Waals surface area contributed by atoms with Crippen LogP contribution in [-0.2, 0) is 9.47 Å². The first kappa shape index (κ1) is 13.2. The molecule has 0 bridgehead atoms. The first-order valence-corrected chi connectivity index (χ1v) is 5.60. The van der Waals surface area contributed by atoms with Gasteiger partial charge in [0.1, 0.15) is 0 Å². The van der Waals surface area contributed by atoms with Crippen molar-refractivity contribution in [2.45, 2.75) is 31.6 Å². The third kappa shape index (κ3) is 3.62. The molecule has 3 unspecified atom stereocenters. The van der Waals surface area contributed by atoms with Crippen LogP contribution in [0, 0.1) is 0 Å². The minimum atomic E-state index is -0.495. The van der Waals surface area contributed by atoms with Gasteiger partial charge in [-0.1, -0.05) is 0 Å². The van der Waals surface area contributed by atoms with Crippen LogP contribution in [0.3, 0.4) is 0 Å². The van der Waals surface area contributed by atoms with Crippen molar-refractivity contribution in [3.8, 4) is 0 Å². The van der Waals surface area contributed by atoms with Crippen LogP contribution in [0.25, 0.3) is 0 Å². The molecule has 0 heterocycles. The highest BCUT2D eigenvalue weighted by atomic mass is 16.5. The SMILES string of the molecule is CCOC1CC(NCCNC(N)=O)C1OC. The number of rotatable bonds is 7. The number of hydrogen-bond acceptors (Lipinski definition) is 4. The van der Waals surface area contributed by atoms with Crippen molar-refractivity contribution in [2.24, 2.45) is 5.73 Å². The summed E-state index contributed by atoms with van der Waals surface area (Å²) in [7, 11) is 1.69. The molecule has 0 spiro atoms. The van der Waals surface area contributed by atoms with Crippen LogP contribution in [0.2, 0.25) is 0 Å². The maximum Gasteiger partial charge on any atom is 0.312 e. The van der Waals surface area contributed by atoms with Gasteiger partial charge in [-0.25, -0.2) is 4.79 Å². The summed E-state index contributed by atoms with van der Waals surface area (Å²) in [6.45, 7) is 3.90. The van der Waals surface area contributed by atoms with Gasteiger partial charge in [0, 0.05) is 32.8 Å². The van der Waals surface area contributed by atoms with Gasteiger partial charge in [-0.2, -0.15) is 0 Å².